The Balaban J connectivity index is 1.32. The number of benzene rings is 2. The van der Waals surface area contributed by atoms with Crippen molar-refractivity contribution in [3.05, 3.63) is 83.8 Å². The molecule has 1 saturated carbocycles. The first kappa shape index (κ1) is 26.8. The van der Waals surface area contributed by atoms with Gasteiger partial charge < -0.3 is 15.5 Å². The lowest BCUT2D eigenvalue weighted by atomic mass is 10.0. The zero-order valence-electron chi connectivity index (χ0n) is 20.4. The highest BCUT2D eigenvalue weighted by molar-refractivity contribution is 7.84. The molecule has 0 radical (unpaired) electrons. The largest absolute Gasteiger partial charge is 0.390 e. The van der Waals surface area contributed by atoms with E-state index >= 15 is 0 Å². The Bertz CT molecular complexity index is 1630. The molecule has 2 heterocycles. The number of ketones is 1. The van der Waals surface area contributed by atoms with E-state index in [0.29, 0.717) is 11.9 Å². The van der Waals surface area contributed by atoms with E-state index in [2.05, 4.69) is 24.6 Å². The average Bonchev–Trinajstić information content (AvgIpc) is 3.49. The zero-order valence-corrected chi connectivity index (χ0v) is 21.2. The summed E-state index contributed by atoms with van der Waals surface area (Å²) in [6.07, 6.45) is 1.70. The maximum absolute atomic E-state index is 14.2. The number of aliphatic hydroxyl groups is 2. The number of nitrogens with two attached hydrogens (primary N) is 1. The first-order valence-corrected chi connectivity index (χ1v) is 13.4. The van der Waals surface area contributed by atoms with Crippen molar-refractivity contribution in [2.45, 2.75) is 31.2 Å². The molecule has 0 unspecified atom stereocenters. The molecule has 12 nitrogen and oxygen atoms in total. The minimum atomic E-state index is -4.21. The summed E-state index contributed by atoms with van der Waals surface area (Å²) < 4.78 is 42.5. The number of nitrogens with one attached hydrogen (secondary N) is 1. The molecular weight excluding hydrogens is 531 g/mol. The minimum absolute atomic E-state index is 0.0842. The van der Waals surface area contributed by atoms with Gasteiger partial charge in [0.1, 0.15) is 29.8 Å². The number of aliphatic hydroxyl groups excluding tert-OH is 2. The van der Waals surface area contributed by atoms with Crippen molar-refractivity contribution in [3.8, 4) is 0 Å². The molecule has 204 valence electrons. The lowest BCUT2D eigenvalue weighted by Gasteiger charge is -2.19. The number of aromatic nitrogens is 4. The lowest BCUT2D eigenvalue weighted by Crippen LogP contribution is -2.36. The van der Waals surface area contributed by atoms with Gasteiger partial charge in [-0.3, -0.25) is 13.7 Å². The number of fused-ring (bicyclic) bond motifs is 1. The molecule has 1 aliphatic carbocycles. The van der Waals surface area contributed by atoms with E-state index < -0.39 is 46.9 Å². The van der Waals surface area contributed by atoms with Gasteiger partial charge >= 0.3 is 10.3 Å². The average molecular weight is 557 g/mol. The molecule has 5 rings (SSSR count). The smallest absolute Gasteiger partial charge is 0.333 e. The molecule has 0 spiro atoms. The van der Waals surface area contributed by atoms with E-state index in [1.165, 1.54) is 18.6 Å². The normalized spacial score (nSPS) is 21.3. The number of anilines is 1. The van der Waals surface area contributed by atoms with E-state index in [1.54, 1.807) is 35.1 Å². The summed E-state index contributed by atoms with van der Waals surface area (Å²) >= 11 is 0. The molecular formula is C25H25FN6O6S. The minimum Gasteiger partial charge on any atom is -0.390 e. The quantitative estimate of drug-likeness (QED) is 0.217. The van der Waals surface area contributed by atoms with Gasteiger partial charge in [-0.1, -0.05) is 30.3 Å². The molecule has 39 heavy (non-hydrogen) atoms. The Labute approximate surface area is 222 Å². The highest BCUT2D eigenvalue weighted by atomic mass is 32.2. The topological polar surface area (TPSA) is 183 Å². The predicted molar refractivity (Wildman–Crippen MR) is 137 cm³/mol. The van der Waals surface area contributed by atoms with E-state index in [9.17, 15) is 27.8 Å². The number of nitrogens with zero attached hydrogens (tertiary/aromatic N) is 4. The van der Waals surface area contributed by atoms with Crippen LogP contribution in [0.5, 0.6) is 0 Å². The molecule has 2 aromatic heterocycles. The van der Waals surface area contributed by atoms with Crippen LogP contribution in [-0.2, 0) is 21.0 Å². The number of rotatable bonds is 9. The third-order valence-electron chi connectivity index (χ3n) is 6.69. The standard InChI is InChI=1S/C25H25FN6O6S/c26-19-6-5-14(16-3-1-2-4-17(16)19)11-32-8-7-20(31-32)23(34)18-10-28-13-29-25(18)30-21-9-15(22(33)24(21)35)12-38-39(27,36)37/h1-8,10,13,15,21-22,24,33,35H,9,11-12H2,(H2,27,36,37)(H,28,29,30)/t15-,21-,22-,24+/m1/s1. The third kappa shape index (κ3) is 5.79. The van der Waals surface area contributed by atoms with E-state index in [-0.39, 0.29) is 29.3 Å². The first-order chi connectivity index (χ1) is 18.6. The van der Waals surface area contributed by atoms with Crippen molar-refractivity contribution in [3.63, 3.8) is 0 Å². The second-order valence-electron chi connectivity index (χ2n) is 9.27. The van der Waals surface area contributed by atoms with Gasteiger partial charge in [-0.2, -0.15) is 13.5 Å². The zero-order chi connectivity index (χ0) is 27.7. The summed E-state index contributed by atoms with van der Waals surface area (Å²) in [7, 11) is -4.21. The molecule has 0 bridgehead atoms. The Morgan fingerprint density at radius 2 is 1.92 bits per heavy atom. The van der Waals surface area contributed by atoms with E-state index in [0.717, 1.165) is 10.9 Å². The molecule has 0 aliphatic heterocycles. The molecule has 4 aromatic rings. The van der Waals surface area contributed by atoms with Crippen molar-refractivity contribution in [1.82, 2.24) is 19.7 Å². The first-order valence-electron chi connectivity index (χ1n) is 11.9. The fourth-order valence-electron chi connectivity index (χ4n) is 4.75. The number of hydrogen-bond donors (Lipinski definition) is 4. The van der Waals surface area contributed by atoms with Crippen molar-refractivity contribution >= 4 is 32.7 Å². The van der Waals surface area contributed by atoms with Crippen LogP contribution in [0.3, 0.4) is 0 Å². The van der Waals surface area contributed by atoms with Crippen LogP contribution in [0, 0.1) is 11.7 Å². The highest BCUT2D eigenvalue weighted by Gasteiger charge is 2.42. The highest BCUT2D eigenvalue weighted by Crippen LogP contribution is 2.30. The fourth-order valence-corrected chi connectivity index (χ4v) is 5.11. The molecule has 1 aliphatic rings. The maximum atomic E-state index is 14.2. The van der Waals surface area contributed by atoms with Crippen molar-refractivity contribution in [2.75, 3.05) is 11.9 Å². The van der Waals surface area contributed by atoms with Crippen LogP contribution in [0.15, 0.2) is 61.2 Å². The van der Waals surface area contributed by atoms with Gasteiger partial charge in [-0.15, -0.1) is 0 Å². The van der Waals surface area contributed by atoms with Gasteiger partial charge in [0.05, 0.1) is 30.9 Å². The number of halogens is 1. The maximum Gasteiger partial charge on any atom is 0.333 e. The second-order valence-corrected chi connectivity index (χ2v) is 10.5. The van der Waals surface area contributed by atoms with E-state index in [1.807, 2.05) is 12.1 Å². The Morgan fingerprint density at radius 1 is 1.15 bits per heavy atom. The van der Waals surface area contributed by atoms with Gasteiger partial charge in [0.25, 0.3) is 0 Å². The van der Waals surface area contributed by atoms with Crippen LogP contribution < -0.4 is 10.5 Å². The van der Waals surface area contributed by atoms with Crippen LogP contribution in [0.1, 0.15) is 28.0 Å². The van der Waals surface area contributed by atoms with Crippen LogP contribution in [-0.4, -0.2) is 69.0 Å². The molecule has 4 atom stereocenters. The summed E-state index contributed by atoms with van der Waals surface area (Å²) in [6, 6.07) is 11.0. The van der Waals surface area contributed by atoms with Crippen molar-refractivity contribution in [1.29, 1.82) is 0 Å². The fraction of sp³-hybridized carbons (Fsp3) is 0.280. The van der Waals surface area contributed by atoms with Gasteiger partial charge in [0.15, 0.2) is 0 Å². The van der Waals surface area contributed by atoms with E-state index in [4.69, 9.17) is 5.14 Å². The summed E-state index contributed by atoms with van der Waals surface area (Å²) in [5.74, 6) is -1.42. The number of carbonyl (C=O) groups is 1. The van der Waals surface area contributed by atoms with Crippen LogP contribution >= 0.6 is 0 Å². The van der Waals surface area contributed by atoms with Gasteiger partial charge in [0, 0.05) is 23.7 Å². The predicted octanol–water partition coefficient (Wildman–Crippen LogP) is 0.987. The van der Waals surface area contributed by atoms with Gasteiger partial charge in [-0.25, -0.2) is 19.5 Å². The van der Waals surface area contributed by atoms with Gasteiger partial charge in [0.2, 0.25) is 5.78 Å². The van der Waals surface area contributed by atoms with Gasteiger partial charge in [-0.05, 0) is 29.5 Å². The molecule has 0 saturated heterocycles. The summed E-state index contributed by atoms with van der Waals surface area (Å²) in [5, 5.41) is 34.2. The summed E-state index contributed by atoms with van der Waals surface area (Å²) in [6.45, 7) is -0.107. The number of carbonyl (C=O) groups excluding carboxylic acids is 1. The summed E-state index contributed by atoms with van der Waals surface area (Å²) in [5.41, 5.74) is 1.03. The Kier molecular flexibility index (Phi) is 7.38. The van der Waals surface area contributed by atoms with Crippen molar-refractivity contribution in [2.24, 2.45) is 11.1 Å². The second kappa shape index (κ2) is 10.7. The third-order valence-corrected chi connectivity index (χ3v) is 7.16. The Hall–Kier alpha value is -3.82. The summed E-state index contributed by atoms with van der Waals surface area (Å²) in [4.78, 5) is 21.4. The van der Waals surface area contributed by atoms with Crippen molar-refractivity contribution < 1.29 is 32.0 Å². The molecule has 14 heteroatoms. The van der Waals surface area contributed by atoms with Crippen LogP contribution in [0.25, 0.3) is 10.8 Å². The Morgan fingerprint density at radius 3 is 2.69 bits per heavy atom. The molecule has 0 amide bonds. The molecule has 1 fully saturated rings. The molecule has 5 N–H and O–H groups in total. The lowest BCUT2D eigenvalue weighted by molar-refractivity contribution is 0.00778. The SMILES string of the molecule is NS(=O)(=O)OC[C@H]1C[C@@H](Nc2ncncc2C(=O)c2ccn(Cc3ccc(F)c4ccccc34)n2)[C@H](O)[C@@H]1O. The monoisotopic (exact) mass is 556 g/mol. The van der Waals surface area contributed by atoms with Crippen LogP contribution in [0.4, 0.5) is 10.2 Å². The van der Waals surface area contributed by atoms with Crippen LogP contribution in [0.2, 0.25) is 0 Å². The number of hydrogen-bond acceptors (Lipinski definition) is 10. The molecule has 2 aromatic carbocycles.